The Balaban J connectivity index is 2.47. The van der Waals surface area contributed by atoms with E-state index in [1.165, 1.54) is 12.1 Å². The van der Waals surface area contributed by atoms with E-state index in [0.717, 1.165) is 11.1 Å². The summed E-state index contributed by atoms with van der Waals surface area (Å²) in [6.45, 7) is 1.17. The van der Waals surface area contributed by atoms with Crippen molar-refractivity contribution < 1.29 is 4.92 Å². The first kappa shape index (κ1) is 11.3. The highest BCUT2D eigenvalue weighted by atomic mass is 16.6. The molecular weight excluding hydrogens is 220 g/mol. The maximum absolute atomic E-state index is 10.6. The van der Waals surface area contributed by atoms with Crippen LogP contribution in [0.25, 0.3) is 10.9 Å². The smallest absolute Gasteiger partial charge is 0.271 e. The zero-order valence-electron chi connectivity index (χ0n) is 9.09. The van der Waals surface area contributed by atoms with E-state index in [1.807, 2.05) is 6.07 Å². The maximum Gasteiger partial charge on any atom is 0.271 e. The maximum atomic E-state index is 10.6. The van der Waals surface area contributed by atoms with Crippen molar-refractivity contribution in [3.63, 3.8) is 0 Å². The number of non-ortho nitro benzene ring substituents is 1. The van der Waals surface area contributed by atoms with Gasteiger partial charge in [-0.15, -0.1) is 0 Å². The van der Waals surface area contributed by atoms with Crippen LogP contribution in [0.1, 0.15) is 0 Å². The first-order valence-corrected chi connectivity index (χ1v) is 5.19. The zero-order valence-corrected chi connectivity index (χ0v) is 9.09. The third kappa shape index (κ3) is 2.31. The number of aromatic nitrogens is 1. The SMILES string of the molecule is NCCNc1ccnc2cc([N+](=O)[O-])ccc12. The van der Waals surface area contributed by atoms with Crippen LogP contribution >= 0.6 is 0 Å². The lowest BCUT2D eigenvalue weighted by Gasteiger charge is -2.07. The van der Waals surface area contributed by atoms with Gasteiger partial charge in [0, 0.05) is 42.5 Å². The number of fused-ring (bicyclic) bond motifs is 1. The Hall–Kier alpha value is -2.21. The van der Waals surface area contributed by atoms with E-state index in [0.29, 0.717) is 18.6 Å². The number of hydrogen-bond acceptors (Lipinski definition) is 5. The summed E-state index contributed by atoms with van der Waals surface area (Å²) >= 11 is 0. The second-order valence-electron chi connectivity index (χ2n) is 3.53. The van der Waals surface area contributed by atoms with Crippen molar-refractivity contribution in [3.05, 3.63) is 40.6 Å². The number of anilines is 1. The second-order valence-corrected chi connectivity index (χ2v) is 3.53. The molecule has 3 N–H and O–H groups in total. The number of nitro benzene ring substituents is 1. The van der Waals surface area contributed by atoms with Gasteiger partial charge in [-0.05, 0) is 12.1 Å². The summed E-state index contributed by atoms with van der Waals surface area (Å²) in [5.41, 5.74) is 6.94. The molecule has 0 fully saturated rings. The summed E-state index contributed by atoms with van der Waals surface area (Å²) in [4.78, 5) is 14.3. The number of rotatable bonds is 4. The van der Waals surface area contributed by atoms with Gasteiger partial charge in [0.25, 0.3) is 5.69 Å². The Labute approximate surface area is 97.6 Å². The number of nitrogens with one attached hydrogen (secondary N) is 1. The number of benzene rings is 1. The van der Waals surface area contributed by atoms with Crippen molar-refractivity contribution in [1.82, 2.24) is 4.98 Å². The molecule has 0 radical (unpaired) electrons. The van der Waals surface area contributed by atoms with Crippen LogP contribution in [0.5, 0.6) is 0 Å². The third-order valence-corrected chi connectivity index (χ3v) is 2.40. The molecule has 0 atom stereocenters. The van der Waals surface area contributed by atoms with E-state index in [9.17, 15) is 10.1 Å². The van der Waals surface area contributed by atoms with E-state index in [4.69, 9.17) is 5.73 Å². The average molecular weight is 232 g/mol. The molecular formula is C11H12N4O2. The molecule has 0 aliphatic rings. The number of pyridine rings is 1. The molecule has 88 valence electrons. The summed E-state index contributed by atoms with van der Waals surface area (Å²) in [5.74, 6) is 0. The predicted octanol–water partition coefficient (Wildman–Crippen LogP) is 1.51. The van der Waals surface area contributed by atoms with Crippen LogP contribution in [0.3, 0.4) is 0 Å². The first-order valence-electron chi connectivity index (χ1n) is 5.19. The van der Waals surface area contributed by atoms with Crippen molar-refractivity contribution in [1.29, 1.82) is 0 Å². The lowest BCUT2D eigenvalue weighted by atomic mass is 10.1. The van der Waals surface area contributed by atoms with E-state index in [-0.39, 0.29) is 5.69 Å². The molecule has 0 unspecified atom stereocenters. The minimum absolute atomic E-state index is 0.0426. The van der Waals surface area contributed by atoms with E-state index < -0.39 is 4.92 Å². The fourth-order valence-corrected chi connectivity index (χ4v) is 1.61. The molecule has 0 spiro atoms. The summed E-state index contributed by atoms with van der Waals surface area (Å²) in [7, 11) is 0. The van der Waals surface area contributed by atoms with Gasteiger partial charge in [-0.25, -0.2) is 0 Å². The van der Waals surface area contributed by atoms with E-state index >= 15 is 0 Å². The summed E-state index contributed by atoms with van der Waals surface area (Å²) in [5, 5.41) is 14.7. The van der Waals surface area contributed by atoms with Crippen molar-refractivity contribution in [2.75, 3.05) is 18.4 Å². The van der Waals surface area contributed by atoms with Crippen molar-refractivity contribution in [2.45, 2.75) is 0 Å². The minimum Gasteiger partial charge on any atom is -0.383 e. The second kappa shape index (κ2) is 4.75. The van der Waals surface area contributed by atoms with Crippen molar-refractivity contribution in [2.24, 2.45) is 5.73 Å². The fourth-order valence-electron chi connectivity index (χ4n) is 1.61. The number of nitrogens with two attached hydrogens (primary N) is 1. The van der Waals surface area contributed by atoms with Crippen molar-refractivity contribution in [3.8, 4) is 0 Å². The number of hydrogen-bond donors (Lipinski definition) is 2. The standard InChI is InChI=1S/C11H12N4O2/c12-4-6-14-10-3-5-13-11-7-8(15(16)17)1-2-9(10)11/h1-3,5,7H,4,6,12H2,(H,13,14). The molecule has 0 aliphatic carbocycles. The Morgan fingerprint density at radius 3 is 2.94 bits per heavy atom. The normalized spacial score (nSPS) is 10.4. The van der Waals surface area contributed by atoms with Crippen LogP contribution < -0.4 is 11.1 Å². The van der Waals surface area contributed by atoms with Crippen LogP contribution in [-0.4, -0.2) is 23.0 Å². The van der Waals surface area contributed by atoms with Gasteiger partial charge in [-0.3, -0.25) is 15.1 Å². The fraction of sp³-hybridized carbons (Fsp3) is 0.182. The van der Waals surface area contributed by atoms with Crippen LogP contribution in [0, 0.1) is 10.1 Å². The number of nitrogens with zero attached hydrogens (tertiary/aromatic N) is 2. The molecule has 17 heavy (non-hydrogen) atoms. The lowest BCUT2D eigenvalue weighted by molar-refractivity contribution is -0.384. The molecule has 1 heterocycles. The van der Waals surface area contributed by atoms with Gasteiger partial charge in [0.1, 0.15) is 0 Å². The monoisotopic (exact) mass is 232 g/mol. The molecule has 0 aliphatic heterocycles. The molecule has 6 heteroatoms. The first-order chi connectivity index (χ1) is 8.22. The molecule has 0 saturated heterocycles. The van der Waals surface area contributed by atoms with Crippen LogP contribution in [0.4, 0.5) is 11.4 Å². The molecule has 6 nitrogen and oxygen atoms in total. The summed E-state index contributed by atoms with van der Waals surface area (Å²) in [6.07, 6.45) is 1.62. The lowest BCUT2D eigenvalue weighted by Crippen LogP contribution is -2.13. The molecule has 1 aromatic carbocycles. The van der Waals surface area contributed by atoms with Gasteiger partial charge in [0.15, 0.2) is 0 Å². The Kier molecular flexibility index (Phi) is 3.15. The molecule has 2 aromatic rings. The van der Waals surface area contributed by atoms with Gasteiger partial charge in [0.05, 0.1) is 10.4 Å². The van der Waals surface area contributed by atoms with Crippen LogP contribution in [0.15, 0.2) is 30.5 Å². The third-order valence-electron chi connectivity index (χ3n) is 2.40. The minimum atomic E-state index is -0.429. The Morgan fingerprint density at radius 1 is 1.41 bits per heavy atom. The highest BCUT2D eigenvalue weighted by Crippen LogP contribution is 2.24. The molecule has 0 amide bonds. The van der Waals surface area contributed by atoms with Crippen LogP contribution in [-0.2, 0) is 0 Å². The van der Waals surface area contributed by atoms with Gasteiger partial charge in [-0.2, -0.15) is 0 Å². The Morgan fingerprint density at radius 2 is 2.24 bits per heavy atom. The van der Waals surface area contributed by atoms with Gasteiger partial charge in [-0.1, -0.05) is 0 Å². The Bertz CT molecular complexity index is 556. The highest BCUT2D eigenvalue weighted by molar-refractivity contribution is 5.92. The number of nitro groups is 1. The zero-order chi connectivity index (χ0) is 12.3. The molecule has 2 rings (SSSR count). The van der Waals surface area contributed by atoms with Crippen molar-refractivity contribution >= 4 is 22.3 Å². The topological polar surface area (TPSA) is 94.1 Å². The van der Waals surface area contributed by atoms with Crippen LogP contribution in [0.2, 0.25) is 0 Å². The van der Waals surface area contributed by atoms with Gasteiger partial charge >= 0.3 is 0 Å². The van der Waals surface area contributed by atoms with E-state index in [2.05, 4.69) is 10.3 Å². The highest BCUT2D eigenvalue weighted by Gasteiger charge is 2.08. The van der Waals surface area contributed by atoms with Gasteiger partial charge in [0.2, 0.25) is 0 Å². The average Bonchev–Trinajstić information content (AvgIpc) is 2.35. The molecule has 0 saturated carbocycles. The largest absolute Gasteiger partial charge is 0.383 e. The predicted molar refractivity (Wildman–Crippen MR) is 65.9 cm³/mol. The van der Waals surface area contributed by atoms with Gasteiger partial charge < -0.3 is 11.1 Å². The van der Waals surface area contributed by atoms with E-state index in [1.54, 1.807) is 12.3 Å². The summed E-state index contributed by atoms with van der Waals surface area (Å²) < 4.78 is 0. The molecule has 0 bridgehead atoms. The quantitative estimate of drug-likeness (QED) is 0.615. The summed E-state index contributed by atoms with van der Waals surface area (Å²) in [6, 6.07) is 6.45. The molecule has 1 aromatic heterocycles.